The number of ether oxygens (including phenoxy) is 4. The lowest BCUT2D eigenvalue weighted by Crippen LogP contribution is -2.05. The highest BCUT2D eigenvalue weighted by atomic mass is 16.7. The Morgan fingerprint density at radius 3 is 2.62 bits per heavy atom. The van der Waals surface area contributed by atoms with Crippen molar-refractivity contribution in [3.05, 3.63) is 11.6 Å². The average Bonchev–Trinajstić information content (AvgIpc) is 2.75. The first-order valence-electron chi connectivity index (χ1n) is 5.05. The van der Waals surface area contributed by atoms with Gasteiger partial charge in [0.25, 0.3) is 0 Å². The summed E-state index contributed by atoms with van der Waals surface area (Å²) in [5.74, 6) is 2.51. The molecule has 0 saturated heterocycles. The summed E-state index contributed by atoms with van der Waals surface area (Å²) in [5, 5.41) is 0. The second-order valence-electron chi connectivity index (χ2n) is 3.37. The van der Waals surface area contributed by atoms with E-state index in [9.17, 15) is 0 Å². The van der Waals surface area contributed by atoms with Gasteiger partial charge >= 0.3 is 0 Å². The molecule has 0 unspecified atom stereocenters. The van der Waals surface area contributed by atoms with E-state index in [4.69, 9.17) is 24.7 Å². The van der Waals surface area contributed by atoms with Crippen molar-refractivity contribution in [3.8, 4) is 23.0 Å². The molecule has 1 aromatic carbocycles. The molecule has 1 heterocycles. The first-order valence-corrected chi connectivity index (χ1v) is 5.05. The van der Waals surface area contributed by atoms with Crippen LogP contribution in [0.1, 0.15) is 5.56 Å². The van der Waals surface area contributed by atoms with Crippen LogP contribution in [0.4, 0.5) is 0 Å². The standard InChI is InChI=1S/C11H15NO4/c1-13-9-7(3-4-12)5-8-10(11(9)14-2)16-6-15-8/h5H,3-4,6,12H2,1-2H3. The van der Waals surface area contributed by atoms with Crippen molar-refractivity contribution >= 4 is 0 Å². The van der Waals surface area contributed by atoms with Gasteiger partial charge in [0, 0.05) is 5.56 Å². The highest BCUT2D eigenvalue weighted by Gasteiger charge is 2.25. The molecule has 0 aromatic heterocycles. The molecule has 0 fully saturated rings. The van der Waals surface area contributed by atoms with E-state index < -0.39 is 0 Å². The summed E-state index contributed by atoms with van der Waals surface area (Å²) >= 11 is 0. The second-order valence-corrected chi connectivity index (χ2v) is 3.37. The summed E-state index contributed by atoms with van der Waals surface area (Å²) in [6, 6.07) is 1.89. The van der Waals surface area contributed by atoms with Crippen molar-refractivity contribution in [1.29, 1.82) is 0 Å². The summed E-state index contributed by atoms with van der Waals surface area (Å²) in [6.45, 7) is 0.750. The average molecular weight is 225 g/mol. The molecule has 0 amide bonds. The molecule has 2 rings (SSSR count). The largest absolute Gasteiger partial charge is 0.492 e. The first kappa shape index (κ1) is 10.9. The molecule has 1 aliphatic heterocycles. The van der Waals surface area contributed by atoms with E-state index in [-0.39, 0.29) is 6.79 Å². The van der Waals surface area contributed by atoms with Crippen LogP contribution < -0.4 is 24.7 Å². The van der Waals surface area contributed by atoms with Gasteiger partial charge in [-0.3, -0.25) is 0 Å². The number of rotatable bonds is 4. The molecule has 16 heavy (non-hydrogen) atoms. The summed E-state index contributed by atoms with van der Waals surface area (Å²) in [6.07, 6.45) is 0.705. The number of hydrogen-bond donors (Lipinski definition) is 1. The smallest absolute Gasteiger partial charge is 0.231 e. The van der Waals surface area contributed by atoms with Crippen LogP contribution in [0.25, 0.3) is 0 Å². The van der Waals surface area contributed by atoms with Crippen molar-refractivity contribution < 1.29 is 18.9 Å². The maximum absolute atomic E-state index is 5.55. The van der Waals surface area contributed by atoms with Crippen molar-refractivity contribution in [2.45, 2.75) is 6.42 Å². The van der Waals surface area contributed by atoms with Crippen LogP contribution in [-0.2, 0) is 6.42 Å². The molecule has 5 nitrogen and oxygen atoms in total. The van der Waals surface area contributed by atoms with Crippen molar-refractivity contribution in [3.63, 3.8) is 0 Å². The maximum atomic E-state index is 5.55. The number of methoxy groups -OCH3 is 2. The quantitative estimate of drug-likeness (QED) is 0.826. The van der Waals surface area contributed by atoms with Gasteiger partial charge in [0.1, 0.15) is 0 Å². The Hall–Kier alpha value is -1.62. The molecule has 1 aromatic rings. The minimum atomic E-state index is 0.209. The van der Waals surface area contributed by atoms with Gasteiger partial charge in [0.15, 0.2) is 11.5 Å². The van der Waals surface area contributed by atoms with Crippen LogP contribution in [-0.4, -0.2) is 27.6 Å². The van der Waals surface area contributed by atoms with Crippen LogP contribution in [0.2, 0.25) is 0 Å². The maximum Gasteiger partial charge on any atom is 0.231 e. The molecule has 88 valence electrons. The number of benzene rings is 1. The Morgan fingerprint density at radius 2 is 2.00 bits per heavy atom. The zero-order chi connectivity index (χ0) is 11.5. The zero-order valence-electron chi connectivity index (χ0n) is 9.41. The lowest BCUT2D eigenvalue weighted by Gasteiger charge is -2.14. The van der Waals surface area contributed by atoms with Gasteiger partial charge in [0.05, 0.1) is 14.2 Å². The summed E-state index contributed by atoms with van der Waals surface area (Å²) in [4.78, 5) is 0. The molecule has 1 aliphatic rings. The number of fused-ring (bicyclic) bond motifs is 1. The van der Waals surface area contributed by atoms with Gasteiger partial charge in [-0.1, -0.05) is 0 Å². The molecule has 2 N–H and O–H groups in total. The van der Waals surface area contributed by atoms with E-state index in [1.54, 1.807) is 14.2 Å². The summed E-state index contributed by atoms with van der Waals surface area (Å²) in [5.41, 5.74) is 6.52. The van der Waals surface area contributed by atoms with Gasteiger partial charge in [-0.25, -0.2) is 0 Å². The minimum Gasteiger partial charge on any atom is -0.492 e. The van der Waals surface area contributed by atoms with Crippen LogP contribution in [0, 0.1) is 0 Å². The van der Waals surface area contributed by atoms with Crippen LogP contribution >= 0.6 is 0 Å². The monoisotopic (exact) mass is 225 g/mol. The fraction of sp³-hybridized carbons (Fsp3) is 0.455. The lowest BCUT2D eigenvalue weighted by molar-refractivity contribution is 0.170. The van der Waals surface area contributed by atoms with Crippen LogP contribution in [0.15, 0.2) is 6.07 Å². The van der Waals surface area contributed by atoms with Gasteiger partial charge in [-0.05, 0) is 19.0 Å². The van der Waals surface area contributed by atoms with E-state index in [0.29, 0.717) is 36.0 Å². The molecule has 5 heteroatoms. The molecule has 0 aliphatic carbocycles. The topological polar surface area (TPSA) is 62.9 Å². The van der Waals surface area contributed by atoms with E-state index in [0.717, 1.165) is 5.56 Å². The molecular weight excluding hydrogens is 210 g/mol. The van der Waals surface area contributed by atoms with Gasteiger partial charge in [-0.15, -0.1) is 0 Å². The Labute approximate surface area is 94.0 Å². The van der Waals surface area contributed by atoms with Crippen molar-refractivity contribution in [2.24, 2.45) is 5.73 Å². The predicted octanol–water partition coefficient (Wildman–Crippen LogP) is 0.934. The third kappa shape index (κ3) is 1.63. The van der Waals surface area contributed by atoms with Gasteiger partial charge in [-0.2, -0.15) is 0 Å². The Kier molecular flexibility index (Phi) is 3.05. The first-order chi connectivity index (χ1) is 7.81. The predicted molar refractivity (Wildman–Crippen MR) is 58.4 cm³/mol. The third-order valence-corrected chi connectivity index (χ3v) is 2.47. The van der Waals surface area contributed by atoms with Crippen molar-refractivity contribution in [2.75, 3.05) is 27.6 Å². The number of nitrogens with two attached hydrogens (primary N) is 1. The fourth-order valence-corrected chi connectivity index (χ4v) is 1.80. The van der Waals surface area contributed by atoms with Crippen LogP contribution in [0.3, 0.4) is 0 Å². The third-order valence-electron chi connectivity index (χ3n) is 2.47. The van der Waals surface area contributed by atoms with E-state index in [1.165, 1.54) is 0 Å². The molecule has 0 atom stereocenters. The van der Waals surface area contributed by atoms with E-state index in [1.807, 2.05) is 6.07 Å². The van der Waals surface area contributed by atoms with E-state index in [2.05, 4.69) is 0 Å². The second kappa shape index (κ2) is 4.49. The fourth-order valence-electron chi connectivity index (χ4n) is 1.80. The Balaban J connectivity index is 2.54. The summed E-state index contributed by atoms with van der Waals surface area (Å²) in [7, 11) is 3.17. The highest BCUT2D eigenvalue weighted by Crippen LogP contribution is 2.48. The Morgan fingerprint density at radius 1 is 1.25 bits per heavy atom. The normalized spacial score (nSPS) is 12.7. The van der Waals surface area contributed by atoms with Gasteiger partial charge in [0.2, 0.25) is 18.3 Å². The SMILES string of the molecule is COc1c(CCN)cc2c(c1OC)OCO2. The van der Waals surface area contributed by atoms with E-state index >= 15 is 0 Å². The Bertz CT molecular complexity index is 392. The summed E-state index contributed by atoms with van der Waals surface area (Å²) < 4.78 is 21.3. The molecule has 0 bridgehead atoms. The molecular formula is C11H15NO4. The molecule has 0 spiro atoms. The van der Waals surface area contributed by atoms with Crippen LogP contribution in [0.5, 0.6) is 23.0 Å². The molecule has 0 saturated carbocycles. The zero-order valence-corrected chi connectivity index (χ0v) is 9.41. The lowest BCUT2D eigenvalue weighted by atomic mass is 10.1. The van der Waals surface area contributed by atoms with Crippen molar-refractivity contribution in [1.82, 2.24) is 0 Å². The number of hydrogen-bond acceptors (Lipinski definition) is 5. The van der Waals surface area contributed by atoms with Gasteiger partial charge < -0.3 is 24.7 Å². The highest BCUT2D eigenvalue weighted by molar-refractivity contribution is 5.63. The molecule has 0 radical (unpaired) electrons. The minimum absolute atomic E-state index is 0.209.